The Balaban J connectivity index is 2.10. The Labute approximate surface area is 151 Å². The molecule has 140 valence electrons. The fourth-order valence-electron chi connectivity index (χ4n) is 2.82. The van der Waals surface area contributed by atoms with Crippen molar-refractivity contribution in [2.45, 2.75) is 38.7 Å². The SMILES string of the molecule is CCNC(=NCc1ccc(COC)cc1)N1CCS(=O)(=O)C(C)(C)C1. The quantitative estimate of drug-likeness (QED) is 0.635. The molecule has 0 amide bonds. The largest absolute Gasteiger partial charge is 0.380 e. The van der Waals surface area contributed by atoms with Crippen molar-refractivity contribution in [3.8, 4) is 0 Å². The Hall–Kier alpha value is -1.60. The van der Waals surface area contributed by atoms with E-state index in [0.717, 1.165) is 23.6 Å². The van der Waals surface area contributed by atoms with Gasteiger partial charge in [0.15, 0.2) is 15.8 Å². The van der Waals surface area contributed by atoms with Gasteiger partial charge in [0.25, 0.3) is 0 Å². The number of rotatable bonds is 5. The second kappa shape index (κ2) is 8.19. The number of benzene rings is 1. The third-order valence-electron chi connectivity index (χ3n) is 4.42. The van der Waals surface area contributed by atoms with Crippen LogP contribution in [0.1, 0.15) is 31.9 Å². The van der Waals surface area contributed by atoms with Crippen molar-refractivity contribution in [1.82, 2.24) is 10.2 Å². The molecular formula is C18H29N3O3S. The van der Waals surface area contributed by atoms with Gasteiger partial charge >= 0.3 is 0 Å². The number of hydrogen-bond donors (Lipinski definition) is 1. The molecule has 0 spiro atoms. The van der Waals surface area contributed by atoms with E-state index in [-0.39, 0.29) is 5.75 Å². The van der Waals surface area contributed by atoms with Crippen LogP contribution < -0.4 is 5.32 Å². The molecule has 1 aromatic rings. The van der Waals surface area contributed by atoms with Crippen molar-refractivity contribution in [1.29, 1.82) is 0 Å². The smallest absolute Gasteiger partial charge is 0.194 e. The van der Waals surface area contributed by atoms with Gasteiger partial charge in [-0.25, -0.2) is 13.4 Å². The van der Waals surface area contributed by atoms with Crippen LogP contribution in [0.2, 0.25) is 0 Å². The Kier molecular flexibility index (Phi) is 6.46. The number of guanidine groups is 1. The van der Waals surface area contributed by atoms with Gasteiger partial charge in [-0.1, -0.05) is 24.3 Å². The summed E-state index contributed by atoms with van der Waals surface area (Å²) < 4.78 is 28.8. The van der Waals surface area contributed by atoms with Gasteiger partial charge in [0.1, 0.15) is 0 Å². The van der Waals surface area contributed by atoms with Crippen molar-refractivity contribution in [2.75, 3.05) is 32.5 Å². The number of nitrogens with one attached hydrogen (secondary N) is 1. The zero-order chi connectivity index (χ0) is 18.5. The fraction of sp³-hybridized carbons (Fsp3) is 0.611. The van der Waals surface area contributed by atoms with Gasteiger partial charge in [-0.3, -0.25) is 0 Å². The zero-order valence-electron chi connectivity index (χ0n) is 15.6. The van der Waals surface area contributed by atoms with E-state index in [9.17, 15) is 8.42 Å². The van der Waals surface area contributed by atoms with Gasteiger partial charge < -0.3 is 15.0 Å². The first-order valence-corrected chi connectivity index (χ1v) is 10.3. The number of aliphatic imine (C=N–C) groups is 1. The molecule has 1 heterocycles. The maximum atomic E-state index is 12.2. The highest BCUT2D eigenvalue weighted by Crippen LogP contribution is 2.23. The van der Waals surface area contributed by atoms with Crippen molar-refractivity contribution < 1.29 is 13.2 Å². The molecule has 0 radical (unpaired) electrons. The van der Waals surface area contributed by atoms with Gasteiger partial charge in [0.2, 0.25) is 0 Å². The number of methoxy groups -OCH3 is 1. The van der Waals surface area contributed by atoms with Gasteiger partial charge in [-0.05, 0) is 31.9 Å². The van der Waals surface area contributed by atoms with Crippen LogP contribution in [0.5, 0.6) is 0 Å². The highest BCUT2D eigenvalue weighted by Gasteiger charge is 2.40. The van der Waals surface area contributed by atoms with E-state index in [0.29, 0.717) is 26.2 Å². The molecule has 0 aromatic heterocycles. The van der Waals surface area contributed by atoms with Crippen LogP contribution in [0, 0.1) is 0 Å². The summed E-state index contributed by atoms with van der Waals surface area (Å²) in [6.07, 6.45) is 0. The fourth-order valence-corrected chi connectivity index (χ4v) is 4.19. The molecule has 1 aliphatic heterocycles. The van der Waals surface area contributed by atoms with E-state index in [4.69, 9.17) is 9.73 Å². The summed E-state index contributed by atoms with van der Waals surface area (Å²) in [7, 11) is -1.37. The van der Waals surface area contributed by atoms with E-state index in [1.54, 1.807) is 21.0 Å². The maximum absolute atomic E-state index is 12.2. The molecule has 6 nitrogen and oxygen atoms in total. The van der Waals surface area contributed by atoms with Crippen LogP contribution in [0.15, 0.2) is 29.3 Å². The Bertz CT molecular complexity index is 697. The molecule has 2 rings (SSSR count). The summed E-state index contributed by atoms with van der Waals surface area (Å²) in [5, 5.41) is 3.28. The molecular weight excluding hydrogens is 338 g/mol. The predicted octanol–water partition coefficient (Wildman–Crippen LogP) is 1.81. The van der Waals surface area contributed by atoms with Crippen LogP contribution in [0.25, 0.3) is 0 Å². The maximum Gasteiger partial charge on any atom is 0.194 e. The molecule has 0 bridgehead atoms. The van der Waals surface area contributed by atoms with Crippen LogP contribution in [-0.2, 0) is 27.7 Å². The second-order valence-electron chi connectivity index (χ2n) is 6.92. The molecule has 1 aliphatic rings. The minimum atomic E-state index is -3.06. The summed E-state index contributed by atoms with van der Waals surface area (Å²) in [5.74, 6) is 0.933. The minimum absolute atomic E-state index is 0.163. The standard InChI is InChI=1S/C18H29N3O3S/c1-5-19-17(21-10-11-25(22,23)18(2,3)14-21)20-12-15-6-8-16(9-7-15)13-24-4/h6-9H,5,10-14H2,1-4H3,(H,19,20). The average Bonchev–Trinajstić information content (AvgIpc) is 2.56. The molecule has 25 heavy (non-hydrogen) atoms. The van der Waals surface area contributed by atoms with Crippen LogP contribution in [-0.4, -0.2) is 56.5 Å². The van der Waals surface area contributed by atoms with Crippen LogP contribution in [0.3, 0.4) is 0 Å². The monoisotopic (exact) mass is 367 g/mol. The molecule has 0 saturated carbocycles. The Morgan fingerprint density at radius 2 is 1.92 bits per heavy atom. The highest BCUT2D eigenvalue weighted by molar-refractivity contribution is 7.92. The normalized spacial score (nSPS) is 19.7. The molecule has 0 aliphatic carbocycles. The Morgan fingerprint density at radius 1 is 1.28 bits per heavy atom. The van der Waals surface area contributed by atoms with E-state index in [1.165, 1.54) is 0 Å². The van der Waals surface area contributed by atoms with Gasteiger partial charge in [0.05, 0.1) is 23.7 Å². The lowest BCUT2D eigenvalue weighted by atomic mass is 10.1. The van der Waals surface area contributed by atoms with Gasteiger partial charge in [0, 0.05) is 26.7 Å². The van der Waals surface area contributed by atoms with Gasteiger partial charge in [-0.2, -0.15) is 0 Å². The predicted molar refractivity (Wildman–Crippen MR) is 101 cm³/mol. The first-order valence-electron chi connectivity index (χ1n) is 8.61. The van der Waals surface area contributed by atoms with Crippen molar-refractivity contribution >= 4 is 15.8 Å². The second-order valence-corrected chi connectivity index (χ2v) is 9.66. The van der Waals surface area contributed by atoms with E-state index >= 15 is 0 Å². The van der Waals surface area contributed by atoms with Crippen LogP contribution in [0.4, 0.5) is 0 Å². The molecule has 1 aromatic carbocycles. The summed E-state index contributed by atoms with van der Waals surface area (Å²) in [5.41, 5.74) is 2.24. The molecule has 1 fully saturated rings. The topological polar surface area (TPSA) is 71.0 Å². The van der Waals surface area contributed by atoms with Crippen molar-refractivity contribution in [3.63, 3.8) is 0 Å². The van der Waals surface area contributed by atoms with E-state index in [2.05, 4.69) is 5.32 Å². The summed E-state index contributed by atoms with van der Waals surface area (Å²) >= 11 is 0. The summed E-state index contributed by atoms with van der Waals surface area (Å²) in [6, 6.07) is 8.17. The first-order chi connectivity index (χ1) is 11.8. The third-order valence-corrected chi connectivity index (χ3v) is 6.96. The molecule has 0 atom stereocenters. The average molecular weight is 368 g/mol. The van der Waals surface area contributed by atoms with Crippen molar-refractivity contribution in [2.24, 2.45) is 4.99 Å². The lowest BCUT2D eigenvalue weighted by molar-refractivity contribution is 0.185. The van der Waals surface area contributed by atoms with E-state index < -0.39 is 14.6 Å². The minimum Gasteiger partial charge on any atom is -0.380 e. The molecule has 0 unspecified atom stereocenters. The molecule has 7 heteroatoms. The summed E-state index contributed by atoms with van der Waals surface area (Å²) in [6.45, 7) is 8.41. The van der Waals surface area contributed by atoms with Crippen LogP contribution >= 0.6 is 0 Å². The lowest BCUT2D eigenvalue weighted by Gasteiger charge is -2.39. The first kappa shape index (κ1) is 19.7. The van der Waals surface area contributed by atoms with Crippen molar-refractivity contribution in [3.05, 3.63) is 35.4 Å². The lowest BCUT2D eigenvalue weighted by Crippen LogP contribution is -2.57. The zero-order valence-corrected chi connectivity index (χ0v) is 16.4. The van der Waals surface area contributed by atoms with E-state index in [1.807, 2.05) is 36.1 Å². The highest BCUT2D eigenvalue weighted by atomic mass is 32.2. The summed E-state index contributed by atoms with van der Waals surface area (Å²) in [4.78, 5) is 6.75. The number of hydrogen-bond acceptors (Lipinski definition) is 4. The number of nitrogens with zero attached hydrogens (tertiary/aromatic N) is 2. The third kappa shape index (κ3) is 4.95. The van der Waals surface area contributed by atoms with Gasteiger partial charge in [-0.15, -0.1) is 0 Å². The molecule has 1 saturated heterocycles. The molecule has 1 N–H and O–H groups in total. The number of sulfone groups is 1. The number of ether oxygens (including phenoxy) is 1. The Morgan fingerprint density at radius 3 is 2.48 bits per heavy atom.